The smallest absolute Gasteiger partial charge is 0.147 e. The molecule has 0 bridgehead atoms. The number of benzene rings is 1. The second-order valence-electron chi connectivity index (χ2n) is 6.62. The van der Waals surface area contributed by atoms with Crippen LogP contribution >= 0.6 is 0 Å². The summed E-state index contributed by atoms with van der Waals surface area (Å²) in [7, 11) is 3.33. The molecule has 0 amide bonds. The lowest BCUT2D eigenvalue weighted by molar-refractivity contribution is 0.181. The van der Waals surface area contributed by atoms with Gasteiger partial charge in [-0.05, 0) is 36.2 Å². The number of pyridine rings is 1. The van der Waals surface area contributed by atoms with E-state index in [2.05, 4.69) is 26.7 Å². The van der Waals surface area contributed by atoms with E-state index in [1.165, 1.54) is 5.56 Å². The van der Waals surface area contributed by atoms with E-state index in [0.717, 1.165) is 35.9 Å². The minimum absolute atomic E-state index is 0.199. The van der Waals surface area contributed by atoms with E-state index in [1.54, 1.807) is 14.2 Å². The number of methoxy groups -OCH3 is 2. The van der Waals surface area contributed by atoms with Gasteiger partial charge in [-0.15, -0.1) is 0 Å². The van der Waals surface area contributed by atoms with Gasteiger partial charge in [-0.1, -0.05) is 6.07 Å². The lowest BCUT2D eigenvalue weighted by atomic mass is 9.95. The molecule has 27 heavy (non-hydrogen) atoms. The van der Waals surface area contributed by atoms with Gasteiger partial charge in [0.05, 0.1) is 33.5 Å². The summed E-state index contributed by atoms with van der Waals surface area (Å²) in [4.78, 5) is 8.73. The first-order valence-corrected chi connectivity index (χ1v) is 9.02. The maximum atomic E-state index is 5.84. The van der Waals surface area contributed by atoms with Crippen LogP contribution in [0.5, 0.6) is 11.5 Å². The van der Waals surface area contributed by atoms with Gasteiger partial charge in [-0.2, -0.15) is 0 Å². The molecule has 6 heteroatoms. The highest BCUT2D eigenvalue weighted by atomic mass is 16.5. The zero-order valence-corrected chi connectivity index (χ0v) is 15.5. The van der Waals surface area contributed by atoms with Crippen LogP contribution < -0.4 is 9.47 Å². The van der Waals surface area contributed by atoms with Crippen molar-refractivity contribution in [3.63, 3.8) is 0 Å². The Morgan fingerprint density at radius 3 is 2.48 bits per heavy atom. The summed E-state index contributed by atoms with van der Waals surface area (Å²) >= 11 is 0. The molecule has 1 saturated heterocycles. The van der Waals surface area contributed by atoms with Gasteiger partial charge in [0.2, 0.25) is 0 Å². The Labute approximate surface area is 158 Å². The van der Waals surface area contributed by atoms with E-state index >= 15 is 0 Å². The number of hydrogen-bond acceptors (Lipinski definition) is 5. The molecule has 3 aromatic rings. The maximum absolute atomic E-state index is 5.84. The van der Waals surface area contributed by atoms with Crippen molar-refractivity contribution >= 4 is 0 Å². The number of hydrogen-bond donors (Lipinski definition) is 0. The molecule has 0 spiro atoms. The fraction of sp³-hybridized carbons (Fsp3) is 0.333. The van der Waals surface area contributed by atoms with E-state index in [1.807, 2.05) is 43.0 Å². The van der Waals surface area contributed by atoms with Crippen LogP contribution in [0.4, 0.5) is 0 Å². The van der Waals surface area contributed by atoms with Gasteiger partial charge in [0.25, 0.3) is 0 Å². The van der Waals surface area contributed by atoms with E-state index in [4.69, 9.17) is 14.2 Å². The zero-order valence-electron chi connectivity index (χ0n) is 15.5. The van der Waals surface area contributed by atoms with Crippen LogP contribution in [0.15, 0.2) is 55.1 Å². The van der Waals surface area contributed by atoms with Gasteiger partial charge in [-0.25, -0.2) is 4.98 Å². The van der Waals surface area contributed by atoms with Gasteiger partial charge in [0.15, 0.2) is 0 Å². The van der Waals surface area contributed by atoms with Gasteiger partial charge < -0.3 is 18.8 Å². The molecule has 6 nitrogen and oxygen atoms in total. The second-order valence-corrected chi connectivity index (χ2v) is 6.62. The first-order chi connectivity index (χ1) is 13.3. The topological polar surface area (TPSA) is 58.4 Å². The predicted octanol–water partition coefficient (Wildman–Crippen LogP) is 3.39. The quantitative estimate of drug-likeness (QED) is 0.670. The summed E-state index contributed by atoms with van der Waals surface area (Å²) in [5.41, 5.74) is 2.13. The van der Waals surface area contributed by atoms with E-state index in [0.29, 0.717) is 12.5 Å². The van der Waals surface area contributed by atoms with Gasteiger partial charge in [0.1, 0.15) is 22.9 Å². The van der Waals surface area contributed by atoms with E-state index < -0.39 is 0 Å². The Balaban J connectivity index is 1.70. The highest BCUT2D eigenvalue weighted by Gasteiger charge is 2.32. The third-order valence-electron chi connectivity index (χ3n) is 5.09. The van der Waals surface area contributed by atoms with Crippen LogP contribution in [0.25, 0.3) is 11.4 Å². The van der Waals surface area contributed by atoms with Crippen molar-refractivity contribution in [3.8, 4) is 22.9 Å². The number of rotatable bonds is 6. The highest BCUT2D eigenvalue weighted by Crippen LogP contribution is 2.40. The van der Waals surface area contributed by atoms with Crippen LogP contribution in [0.1, 0.15) is 11.6 Å². The third kappa shape index (κ3) is 3.40. The summed E-state index contributed by atoms with van der Waals surface area (Å²) in [5, 5.41) is 0. The molecule has 1 aliphatic heterocycles. The Morgan fingerprint density at radius 1 is 1.04 bits per heavy atom. The summed E-state index contributed by atoms with van der Waals surface area (Å²) in [6.07, 6.45) is 8.45. The van der Waals surface area contributed by atoms with E-state index in [-0.39, 0.29) is 6.04 Å². The maximum Gasteiger partial charge on any atom is 0.147 e. The minimum Gasteiger partial charge on any atom is -0.496 e. The number of ether oxygens (including phenoxy) is 3. The van der Waals surface area contributed by atoms with Gasteiger partial charge in [0, 0.05) is 30.7 Å². The van der Waals surface area contributed by atoms with Crippen LogP contribution in [-0.4, -0.2) is 42.0 Å². The molecular weight excluding hydrogens is 342 g/mol. The average Bonchev–Trinajstić information content (AvgIpc) is 3.37. The van der Waals surface area contributed by atoms with Gasteiger partial charge >= 0.3 is 0 Å². The van der Waals surface area contributed by atoms with Crippen LogP contribution in [0.3, 0.4) is 0 Å². The average molecular weight is 365 g/mol. The number of imidazole rings is 1. The fourth-order valence-corrected chi connectivity index (χ4v) is 3.76. The molecule has 2 aromatic heterocycles. The van der Waals surface area contributed by atoms with Crippen LogP contribution in [0.2, 0.25) is 0 Å². The third-order valence-corrected chi connectivity index (χ3v) is 5.09. The van der Waals surface area contributed by atoms with Crippen molar-refractivity contribution in [1.82, 2.24) is 14.5 Å². The van der Waals surface area contributed by atoms with Crippen molar-refractivity contribution in [2.24, 2.45) is 5.92 Å². The molecule has 1 aliphatic rings. The normalized spacial score (nSPS) is 19.2. The van der Waals surface area contributed by atoms with Crippen LogP contribution in [0, 0.1) is 5.92 Å². The van der Waals surface area contributed by atoms with Crippen molar-refractivity contribution < 1.29 is 14.2 Å². The molecular formula is C21H23N3O3. The molecule has 0 aliphatic carbocycles. The molecule has 3 heterocycles. The summed E-state index contributed by atoms with van der Waals surface area (Å²) in [6.45, 7) is 1.39. The lowest BCUT2D eigenvalue weighted by Crippen LogP contribution is -2.20. The first kappa shape index (κ1) is 17.5. The van der Waals surface area contributed by atoms with Crippen LogP contribution in [-0.2, 0) is 11.2 Å². The molecule has 2 atom stereocenters. The Bertz CT molecular complexity index is 872. The minimum atomic E-state index is 0.199. The molecule has 0 radical (unpaired) electrons. The zero-order chi connectivity index (χ0) is 18.6. The molecule has 0 saturated carbocycles. The molecule has 1 aromatic carbocycles. The summed E-state index contributed by atoms with van der Waals surface area (Å²) in [5.74, 6) is 2.68. The first-order valence-electron chi connectivity index (χ1n) is 9.02. The van der Waals surface area contributed by atoms with E-state index in [9.17, 15) is 0 Å². The lowest BCUT2D eigenvalue weighted by Gasteiger charge is -2.22. The monoisotopic (exact) mass is 365 g/mol. The predicted molar refractivity (Wildman–Crippen MR) is 102 cm³/mol. The summed E-state index contributed by atoms with van der Waals surface area (Å²) < 4.78 is 19.2. The van der Waals surface area contributed by atoms with Gasteiger partial charge in [-0.3, -0.25) is 4.98 Å². The van der Waals surface area contributed by atoms with Crippen molar-refractivity contribution in [2.45, 2.75) is 12.5 Å². The van der Waals surface area contributed by atoms with Crippen molar-refractivity contribution in [1.29, 1.82) is 0 Å². The molecule has 4 rings (SSSR count). The SMILES string of the molecule is COc1cccc(OC)c1-c1nccn1[C@@H]1COC[C@@H]1Cc1ccncc1. The fourth-order valence-electron chi connectivity index (χ4n) is 3.76. The highest BCUT2D eigenvalue weighted by molar-refractivity contribution is 5.72. The Morgan fingerprint density at radius 2 is 1.78 bits per heavy atom. The Hall–Kier alpha value is -2.86. The summed E-state index contributed by atoms with van der Waals surface area (Å²) in [6, 6.07) is 10.1. The number of aromatic nitrogens is 3. The second kappa shape index (κ2) is 7.80. The standard InChI is InChI=1S/C21H23N3O3/c1-25-18-4-3-5-19(26-2)20(18)21-23-10-11-24(21)17-14-27-13-16(17)12-15-6-8-22-9-7-15/h3-11,16-17H,12-14H2,1-2H3/t16-,17+/m0/s1. The molecule has 140 valence electrons. The Kier molecular flexibility index (Phi) is 5.07. The molecule has 0 unspecified atom stereocenters. The molecule has 1 fully saturated rings. The largest absolute Gasteiger partial charge is 0.496 e. The molecule has 0 N–H and O–H groups in total. The van der Waals surface area contributed by atoms with Crippen molar-refractivity contribution in [2.75, 3.05) is 27.4 Å². The number of nitrogens with zero attached hydrogens (tertiary/aromatic N) is 3. The van der Waals surface area contributed by atoms with Crippen molar-refractivity contribution in [3.05, 3.63) is 60.7 Å².